The van der Waals surface area contributed by atoms with E-state index in [1.807, 2.05) is 36.4 Å². The number of carbonyl (C=O) groups excluding carboxylic acids is 2. The molecule has 0 saturated carbocycles. The molecule has 0 aliphatic rings. The van der Waals surface area contributed by atoms with Gasteiger partial charge in [-0.1, -0.05) is 35.7 Å². The highest BCUT2D eigenvalue weighted by molar-refractivity contribution is 5.89. The second-order valence-electron chi connectivity index (χ2n) is 7.52. The number of ether oxygens (including phenoxy) is 2. The Kier molecular flexibility index (Phi) is 12.9. The minimum atomic E-state index is -1.09. The topological polar surface area (TPSA) is 72.8 Å². The van der Waals surface area contributed by atoms with Crippen molar-refractivity contribution in [2.45, 2.75) is 32.7 Å². The fourth-order valence-corrected chi connectivity index (χ4v) is 2.78. The summed E-state index contributed by atoms with van der Waals surface area (Å²) in [7, 11) is 0. The maximum Gasteiger partial charge on any atom is 0.166 e. The SMILES string of the molecule is C=C=C=C=C=C=C=C=C=C=C=C=CC(=O)CCOCc1ccc2cc(COCC(O)C(C)=O)ccc2c1. The molecule has 0 spiro atoms. The fourth-order valence-electron chi connectivity index (χ4n) is 2.78. The third-order valence-corrected chi connectivity index (χ3v) is 4.64. The summed E-state index contributed by atoms with van der Waals surface area (Å²) in [6.45, 7) is 5.59. The minimum absolute atomic E-state index is 0.0249. The number of ketones is 2. The Bertz CT molecular complexity index is 1570. The third-order valence-electron chi connectivity index (χ3n) is 4.64. The highest BCUT2D eigenvalue weighted by Gasteiger charge is 2.09. The van der Waals surface area contributed by atoms with Crippen molar-refractivity contribution in [1.29, 1.82) is 0 Å². The molecule has 0 aliphatic carbocycles. The van der Waals surface area contributed by atoms with Gasteiger partial charge in [-0.25, -0.2) is 0 Å². The first kappa shape index (κ1) is 28.5. The molecule has 2 aromatic rings. The summed E-state index contributed by atoms with van der Waals surface area (Å²) in [4.78, 5) is 22.9. The lowest BCUT2D eigenvalue weighted by Crippen LogP contribution is -2.23. The molecule has 182 valence electrons. The second kappa shape index (κ2) is 16.8. The molecular formula is C32H24O5. The molecule has 0 saturated heterocycles. The Morgan fingerprint density at radius 1 is 0.865 bits per heavy atom. The maximum absolute atomic E-state index is 11.9. The molecular weight excluding hydrogens is 464 g/mol. The number of allylic oxidation sites excluding steroid dienone is 1. The zero-order valence-electron chi connectivity index (χ0n) is 20.4. The molecule has 0 heterocycles. The van der Waals surface area contributed by atoms with E-state index < -0.39 is 6.10 Å². The number of aliphatic hydroxyl groups excluding tert-OH is 1. The Hall–Kier alpha value is -4.76. The molecule has 0 aromatic heterocycles. The van der Waals surface area contributed by atoms with E-state index in [0.717, 1.165) is 21.9 Å². The van der Waals surface area contributed by atoms with E-state index >= 15 is 0 Å². The lowest BCUT2D eigenvalue weighted by atomic mass is 10.0. The quantitative estimate of drug-likeness (QED) is 0.283. The van der Waals surface area contributed by atoms with Gasteiger partial charge in [0.15, 0.2) is 11.6 Å². The molecule has 0 radical (unpaired) electrons. The van der Waals surface area contributed by atoms with Crippen LogP contribution in [0.3, 0.4) is 0 Å². The smallest absolute Gasteiger partial charge is 0.166 e. The van der Waals surface area contributed by atoms with Crippen LogP contribution in [0.5, 0.6) is 0 Å². The van der Waals surface area contributed by atoms with Crippen LogP contribution < -0.4 is 0 Å². The van der Waals surface area contributed by atoms with Gasteiger partial charge in [0, 0.05) is 12.5 Å². The molecule has 5 heteroatoms. The normalized spacial score (nSPS) is 9.68. The van der Waals surface area contributed by atoms with Crippen molar-refractivity contribution in [3.05, 3.63) is 123 Å². The minimum Gasteiger partial charge on any atom is -0.383 e. The first-order valence-electron chi connectivity index (χ1n) is 11.2. The molecule has 0 aliphatic heterocycles. The van der Waals surface area contributed by atoms with Crippen molar-refractivity contribution in [3.8, 4) is 0 Å². The monoisotopic (exact) mass is 488 g/mol. The fraction of sp³-hybridized carbons (Fsp3) is 0.219. The van der Waals surface area contributed by atoms with Crippen LogP contribution in [0, 0.1) is 0 Å². The first-order valence-corrected chi connectivity index (χ1v) is 11.2. The van der Waals surface area contributed by atoms with Gasteiger partial charge in [0.25, 0.3) is 0 Å². The predicted octanol–water partition coefficient (Wildman–Crippen LogP) is 4.67. The van der Waals surface area contributed by atoms with Crippen molar-refractivity contribution in [3.63, 3.8) is 0 Å². The Balaban J connectivity index is 1.84. The van der Waals surface area contributed by atoms with Crippen molar-refractivity contribution in [2.75, 3.05) is 13.2 Å². The summed E-state index contributed by atoms with van der Waals surface area (Å²) in [6.07, 6.45) is 0.393. The van der Waals surface area contributed by atoms with Crippen molar-refractivity contribution < 1.29 is 24.2 Å². The van der Waals surface area contributed by atoms with Crippen LogP contribution in [0.15, 0.2) is 112 Å². The van der Waals surface area contributed by atoms with Gasteiger partial charge >= 0.3 is 0 Å². The average molecular weight is 489 g/mol. The number of fused-ring (bicyclic) bond motifs is 1. The average Bonchev–Trinajstić information content (AvgIpc) is 2.89. The summed E-state index contributed by atoms with van der Waals surface area (Å²) in [5, 5.41) is 11.6. The maximum atomic E-state index is 11.9. The molecule has 2 aromatic carbocycles. The largest absolute Gasteiger partial charge is 0.383 e. The zero-order valence-corrected chi connectivity index (χ0v) is 20.4. The van der Waals surface area contributed by atoms with Crippen molar-refractivity contribution >= 4 is 22.3 Å². The van der Waals surface area contributed by atoms with Crippen LogP contribution in [-0.2, 0) is 32.3 Å². The summed E-state index contributed by atoms with van der Waals surface area (Å²) >= 11 is 0. The molecule has 0 fully saturated rings. The summed E-state index contributed by atoms with van der Waals surface area (Å²) in [6, 6.07) is 11.9. The molecule has 0 amide bonds. The summed E-state index contributed by atoms with van der Waals surface area (Å²) < 4.78 is 11.0. The molecule has 0 bridgehead atoms. The van der Waals surface area contributed by atoms with Crippen LogP contribution in [0.2, 0.25) is 0 Å². The van der Waals surface area contributed by atoms with Crippen molar-refractivity contribution in [1.82, 2.24) is 0 Å². The predicted molar refractivity (Wildman–Crippen MR) is 138 cm³/mol. The van der Waals surface area contributed by atoms with Crippen LogP contribution >= 0.6 is 0 Å². The summed E-state index contributed by atoms with van der Waals surface area (Å²) in [5.41, 5.74) is 29.3. The van der Waals surface area contributed by atoms with Gasteiger partial charge in [-0.2, -0.15) is 0 Å². The van der Waals surface area contributed by atoms with Gasteiger partial charge in [-0.05, 0) is 99.1 Å². The van der Waals surface area contributed by atoms with Gasteiger partial charge in [0.2, 0.25) is 0 Å². The standard InChI is InChI=1S/C32H24O5/c1-3-4-5-6-7-8-9-10-11-12-13-14-31(34)19-20-36-23-27-15-17-30-22-28(16-18-29(30)21-27)24-37-25-32(35)26(2)33/h14-18,21-22,32,35H,1,19-20,23-25H2,2H3. The van der Waals surface area contributed by atoms with Gasteiger partial charge in [-0.15, -0.1) is 0 Å². The number of Topliss-reactive ketones (excluding diaryl/α,β-unsaturated/α-hetero) is 1. The Morgan fingerprint density at radius 3 is 1.97 bits per heavy atom. The number of hydrogen-bond acceptors (Lipinski definition) is 5. The van der Waals surface area contributed by atoms with Gasteiger partial charge in [0.1, 0.15) is 6.10 Å². The van der Waals surface area contributed by atoms with Gasteiger partial charge in [0.05, 0.1) is 26.4 Å². The van der Waals surface area contributed by atoms with Crippen molar-refractivity contribution in [2.24, 2.45) is 0 Å². The van der Waals surface area contributed by atoms with Gasteiger partial charge in [-0.3, -0.25) is 9.59 Å². The van der Waals surface area contributed by atoms with E-state index in [2.05, 4.69) is 69.6 Å². The molecule has 1 N–H and O–H groups in total. The zero-order chi connectivity index (χ0) is 26.7. The number of benzene rings is 2. The van der Waals surface area contributed by atoms with E-state index in [9.17, 15) is 14.7 Å². The highest BCUT2D eigenvalue weighted by Crippen LogP contribution is 2.19. The van der Waals surface area contributed by atoms with Crippen LogP contribution in [0.4, 0.5) is 0 Å². The second-order valence-corrected chi connectivity index (χ2v) is 7.52. The lowest BCUT2D eigenvalue weighted by Gasteiger charge is -2.09. The highest BCUT2D eigenvalue weighted by atomic mass is 16.5. The molecule has 2 rings (SSSR count). The van der Waals surface area contributed by atoms with Crippen LogP contribution in [-0.4, -0.2) is 36.0 Å². The van der Waals surface area contributed by atoms with E-state index in [4.69, 9.17) is 9.47 Å². The summed E-state index contributed by atoms with van der Waals surface area (Å²) in [5.74, 6) is -0.460. The Morgan fingerprint density at radius 2 is 1.41 bits per heavy atom. The van der Waals surface area contributed by atoms with Gasteiger partial charge < -0.3 is 14.6 Å². The number of aliphatic hydroxyl groups is 1. The van der Waals surface area contributed by atoms with E-state index in [1.54, 1.807) is 0 Å². The van der Waals surface area contributed by atoms with E-state index in [1.165, 1.54) is 13.0 Å². The molecule has 1 unspecified atom stereocenters. The first-order chi connectivity index (χ1) is 18.0. The molecule has 37 heavy (non-hydrogen) atoms. The number of carbonyl (C=O) groups is 2. The van der Waals surface area contributed by atoms with E-state index in [0.29, 0.717) is 13.2 Å². The van der Waals surface area contributed by atoms with E-state index in [-0.39, 0.29) is 31.2 Å². The number of rotatable bonds is 11. The number of hydrogen-bond donors (Lipinski definition) is 1. The van der Waals surface area contributed by atoms with Crippen LogP contribution in [0.25, 0.3) is 10.8 Å². The third kappa shape index (κ3) is 12.0. The molecule has 1 atom stereocenters. The van der Waals surface area contributed by atoms with Crippen LogP contribution in [0.1, 0.15) is 24.5 Å². The molecule has 5 nitrogen and oxygen atoms in total. The Labute approximate surface area is 215 Å². The lowest BCUT2D eigenvalue weighted by molar-refractivity contribution is -0.128.